The number of piperidine rings is 1. The Morgan fingerprint density at radius 3 is 2.23 bits per heavy atom. The molecule has 2 aliphatic rings. The van der Waals surface area contributed by atoms with Gasteiger partial charge in [0.25, 0.3) is 5.89 Å². The lowest BCUT2D eigenvalue weighted by molar-refractivity contribution is -0.140. The SMILES string of the molecule is NCCCC[C@H](NC(=O)[C@@H]1C[C@@H](OC(=O)N2CCCCC2)CN1C(=O)[C@H](CCCCN)NC(=O)OCc1ccccc1)C(=O)c1nc2ccccc2o1. The number of carbonyl (C=O) groups excluding carboxylic acids is 5. The zero-order valence-electron chi connectivity index (χ0n) is 30.1. The summed E-state index contributed by atoms with van der Waals surface area (Å²) < 4.78 is 17.0. The first-order valence-corrected chi connectivity index (χ1v) is 18.6. The van der Waals surface area contributed by atoms with E-state index >= 15 is 0 Å². The van der Waals surface area contributed by atoms with E-state index in [1.807, 2.05) is 30.3 Å². The third-order valence-corrected chi connectivity index (χ3v) is 9.56. The van der Waals surface area contributed by atoms with Crippen molar-refractivity contribution in [1.82, 2.24) is 25.4 Å². The number of rotatable bonds is 17. The number of alkyl carbamates (subject to hydrolysis) is 1. The summed E-state index contributed by atoms with van der Waals surface area (Å²) in [4.78, 5) is 75.7. The van der Waals surface area contributed by atoms with Crippen LogP contribution in [-0.2, 0) is 25.7 Å². The number of amides is 4. The summed E-state index contributed by atoms with van der Waals surface area (Å²) in [6.07, 6.45) is 3.42. The Balaban J connectivity index is 1.35. The van der Waals surface area contributed by atoms with Crippen molar-refractivity contribution in [3.8, 4) is 0 Å². The number of oxazole rings is 1. The van der Waals surface area contributed by atoms with Crippen LogP contribution in [0.25, 0.3) is 11.1 Å². The minimum absolute atomic E-state index is 0.000679. The van der Waals surface area contributed by atoms with E-state index < -0.39 is 54.0 Å². The molecule has 4 atom stereocenters. The number of hydrogen-bond acceptors (Lipinski definition) is 11. The van der Waals surface area contributed by atoms with Crippen molar-refractivity contribution >= 4 is 40.9 Å². The van der Waals surface area contributed by atoms with Crippen LogP contribution in [0.5, 0.6) is 0 Å². The molecule has 53 heavy (non-hydrogen) atoms. The maximum absolute atomic E-state index is 14.3. The number of carbonyl (C=O) groups is 5. The van der Waals surface area contributed by atoms with Gasteiger partial charge in [0.05, 0.1) is 12.6 Å². The number of ether oxygens (including phenoxy) is 2. The number of unbranched alkanes of at least 4 members (excludes halogenated alkanes) is 2. The molecule has 15 heteroatoms. The molecule has 3 heterocycles. The van der Waals surface area contributed by atoms with Crippen molar-refractivity contribution in [2.75, 3.05) is 32.7 Å². The molecule has 2 saturated heterocycles. The third-order valence-electron chi connectivity index (χ3n) is 9.56. The van der Waals surface area contributed by atoms with Crippen LogP contribution in [0.1, 0.15) is 80.5 Å². The molecule has 3 aromatic rings. The molecular formula is C38H51N7O8. The van der Waals surface area contributed by atoms with Crippen LogP contribution in [0.4, 0.5) is 9.59 Å². The number of fused-ring (bicyclic) bond motifs is 1. The summed E-state index contributed by atoms with van der Waals surface area (Å²) in [7, 11) is 0. The highest BCUT2D eigenvalue weighted by atomic mass is 16.6. The van der Waals surface area contributed by atoms with Gasteiger partial charge >= 0.3 is 12.2 Å². The molecule has 4 amide bonds. The molecule has 0 unspecified atom stereocenters. The van der Waals surface area contributed by atoms with E-state index in [1.54, 1.807) is 29.2 Å². The van der Waals surface area contributed by atoms with Gasteiger partial charge in [-0.3, -0.25) is 14.4 Å². The molecule has 2 fully saturated rings. The van der Waals surface area contributed by atoms with Crippen LogP contribution < -0.4 is 22.1 Å². The van der Waals surface area contributed by atoms with E-state index in [4.69, 9.17) is 25.4 Å². The number of ketones is 1. The molecular weight excluding hydrogens is 682 g/mol. The fraction of sp³-hybridized carbons (Fsp3) is 0.526. The van der Waals surface area contributed by atoms with Gasteiger partial charge in [-0.15, -0.1) is 0 Å². The Labute approximate surface area is 309 Å². The fourth-order valence-electron chi connectivity index (χ4n) is 6.68. The smallest absolute Gasteiger partial charge is 0.410 e. The normalized spacial score (nSPS) is 18.3. The summed E-state index contributed by atoms with van der Waals surface area (Å²) >= 11 is 0. The van der Waals surface area contributed by atoms with E-state index in [0.717, 1.165) is 24.8 Å². The van der Waals surface area contributed by atoms with E-state index in [1.165, 1.54) is 4.90 Å². The van der Waals surface area contributed by atoms with Gasteiger partial charge in [0.2, 0.25) is 17.6 Å². The van der Waals surface area contributed by atoms with Gasteiger partial charge in [0.15, 0.2) is 5.58 Å². The van der Waals surface area contributed by atoms with Gasteiger partial charge in [-0.05, 0) is 88.6 Å². The number of aromatic nitrogens is 1. The molecule has 2 aromatic carbocycles. The van der Waals surface area contributed by atoms with E-state index in [9.17, 15) is 24.0 Å². The Kier molecular flexibility index (Phi) is 14.6. The molecule has 6 N–H and O–H groups in total. The number of para-hydroxylation sites is 2. The fourth-order valence-corrected chi connectivity index (χ4v) is 6.68. The van der Waals surface area contributed by atoms with Crippen LogP contribution in [-0.4, -0.2) is 102 Å². The number of Topliss-reactive ketones (excluding diaryl/α,β-unsaturated/α-hetero) is 1. The molecule has 0 saturated carbocycles. The van der Waals surface area contributed by atoms with Gasteiger partial charge in [-0.25, -0.2) is 14.6 Å². The van der Waals surface area contributed by atoms with Crippen LogP contribution >= 0.6 is 0 Å². The highest BCUT2D eigenvalue weighted by molar-refractivity contribution is 6.01. The summed E-state index contributed by atoms with van der Waals surface area (Å²) in [5.74, 6) is -1.81. The molecule has 1 aromatic heterocycles. The van der Waals surface area contributed by atoms with E-state index in [-0.39, 0.29) is 38.3 Å². The first-order valence-electron chi connectivity index (χ1n) is 18.6. The number of hydrogen-bond donors (Lipinski definition) is 4. The number of benzene rings is 2. The predicted molar refractivity (Wildman–Crippen MR) is 195 cm³/mol. The lowest BCUT2D eigenvalue weighted by Gasteiger charge is -2.29. The monoisotopic (exact) mass is 733 g/mol. The quantitative estimate of drug-likeness (QED) is 0.116. The number of likely N-dealkylation sites (tertiary alicyclic amines) is 2. The predicted octanol–water partition coefficient (Wildman–Crippen LogP) is 3.64. The molecule has 15 nitrogen and oxygen atoms in total. The standard InChI is InChI=1S/C38H51N7O8/c39-19-9-7-16-29(33(46)35-42-28-15-5-6-18-32(28)53-35)41-34(47)31-23-27(52-38(50)44-21-11-2-12-22-44)24-45(31)36(48)30(17-8-10-20-40)43-37(49)51-25-26-13-3-1-4-14-26/h1,3-6,13-15,18,27,29-31H,2,7-12,16-17,19-25,39-40H2,(H,41,47)(H,43,49)/t27-,29+,30+,31+/m1/s1. The first-order chi connectivity index (χ1) is 25.8. The lowest BCUT2D eigenvalue weighted by atomic mass is 10.0. The van der Waals surface area contributed by atoms with Crippen LogP contribution in [0, 0.1) is 0 Å². The zero-order valence-corrected chi connectivity index (χ0v) is 30.1. The first kappa shape index (κ1) is 39.2. The molecule has 0 aliphatic carbocycles. The molecule has 0 spiro atoms. The molecule has 0 bridgehead atoms. The van der Waals surface area contributed by atoms with Gasteiger partial charge in [0, 0.05) is 19.5 Å². The van der Waals surface area contributed by atoms with Gasteiger partial charge in [-0.1, -0.05) is 42.5 Å². The highest BCUT2D eigenvalue weighted by Crippen LogP contribution is 2.25. The van der Waals surface area contributed by atoms with E-state index in [0.29, 0.717) is 63.0 Å². The van der Waals surface area contributed by atoms with Crippen molar-refractivity contribution < 1.29 is 37.9 Å². The van der Waals surface area contributed by atoms with E-state index in [2.05, 4.69) is 15.6 Å². The molecule has 0 radical (unpaired) electrons. The minimum Gasteiger partial charge on any atom is -0.445 e. The van der Waals surface area contributed by atoms with Gasteiger partial charge < -0.3 is 45.8 Å². The third kappa shape index (κ3) is 11.0. The average molecular weight is 734 g/mol. The summed E-state index contributed by atoms with van der Waals surface area (Å²) in [5.41, 5.74) is 13.2. The maximum Gasteiger partial charge on any atom is 0.410 e. The van der Waals surface area contributed by atoms with Gasteiger partial charge in [-0.2, -0.15) is 0 Å². The number of nitrogens with two attached hydrogens (primary N) is 2. The van der Waals surface area contributed by atoms with Crippen LogP contribution in [0.3, 0.4) is 0 Å². The second kappa shape index (κ2) is 19.7. The average Bonchev–Trinajstić information content (AvgIpc) is 3.81. The summed E-state index contributed by atoms with van der Waals surface area (Å²) in [6, 6.07) is 12.9. The summed E-state index contributed by atoms with van der Waals surface area (Å²) in [5, 5.41) is 5.54. The number of nitrogens with one attached hydrogen (secondary N) is 2. The minimum atomic E-state index is -1.12. The van der Waals surface area contributed by atoms with Gasteiger partial charge in [0.1, 0.15) is 30.3 Å². The maximum atomic E-state index is 14.3. The van der Waals surface area contributed by atoms with Crippen molar-refractivity contribution in [3.05, 3.63) is 66.1 Å². The Hall–Kier alpha value is -5.02. The summed E-state index contributed by atoms with van der Waals surface area (Å²) in [6.45, 7) is 1.85. The zero-order chi connectivity index (χ0) is 37.6. The lowest BCUT2D eigenvalue weighted by Crippen LogP contribution is -2.55. The molecule has 5 rings (SSSR count). The van der Waals surface area contributed by atoms with Crippen molar-refractivity contribution in [3.63, 3.8) is 0 Å². The molecule has 286 valence electrons. The van der Waals surface area contributed by atoms with Crippen molar-refractivity contribution in [1.29, 1.82) is 0 Å². The second-order valence-electron chi connectivity index (χ2n) is 13.5. The topological polar surface area (TPSA) is 212 Å². The number of nitrogens with zero attached hydrogens (tertiary/aromatic N) is 3. The highest BCUT2D eigenvalue weighted by Gasteiger charge is 2.45. The Bertz CT molecular complexity index is 1650. The van der Waals surface area contributed by atoms with Crippen molar-refractivity contribution in [2.45, 2.75) is 95.0 Å². The Morgan fingerprint density at radius 2 is 1.53 bits per heavy atom. The Morgan fingerprint density at radius 1 is 0.849 bits per heavy atom. The van der Waals surface area contributed by atoms with Crippen LogP contribution in [0.15, 0.2) is 59.0 Å². The largest absolute Gasteiger partial charge is 0.445 e. The van der Waals surface area contributed by atoms with Crippen molar-refractivity contribution in [2.24, 2.45) is 11.5 Å². The molecule has 2 aliphatic heterocycles. The second-order valence-corrected chi connectivity index (χ2v) is 13.5. The van der Waals surface area contributed by atoms with Crippen LogP contribution in [0.2, 0.25) is 0 Å².